The van der Waals surface area contributed by atoms with Crippen molar-refractivity contribution in [1.82, 2.24) is 10.2 Å². The third-order valence-electron chi connectivity index (χ3n) is 3.86. The van der Waals surface area contributed by atoms with Gasteiger partial charge >= 0.3 is 0 Å². The molecule has 4 atom stereocenters. The Morgan fingerprint density at radius 2 is 2.43 bits per heavy atom. The summed E-state index contributed by atoms with van der Waals surface area (Å²) in [5, 5.41) is 12.5. The average molecular weight is 374 g/mol. The van der Waals surface area contributed by atoms with Crippen molar-refractivity contribution >= 4 is 45.7 Å². The summed E-state index contributed by atoms with van der Waals surface area (Å²) in [6.45, 7) is 0.748. The first-order valence-electron chi connectivity index (χ1n) is 6.85. The van der Waals surface area contributed by atoms with Gasteiger partial charge in [0.1, 0.15) is 5.25 Å². The third kappa shape index (κ3) is 3.23. The fraction of sp³-hybridized carbons (Fsp3) is 0.615. The van der Waals surface area contributed by atoms with Gasteiger partial charge in [-0.3, -0.25) is 19.5 Å². The van der Waals surface area contributed by atoms with Crippen LogP contribution in [0.3, 0.4) is 0 Å². The average Bonchev–Trinajstić information content (AvgIpc) is 3.00. The molecular weight excluding hydrogens is 358 g/mol. The van der Waals surface area contributed by atoms with Crippen molar-refractivity contribution in [3.8, 4) is 0 Å². The molecule has 0 spiro atoms. The Morgan fingerprint density at radius 3 is 3.14 bits per heavy atom. The molecule has 1 amide bonds. The molecule has 0 saturated carbocycles. The number of Topliss-reactive ketones (excluding diaryl/α,β-unsaturated/α-hetero) is 1. The first-order chi connectivity index (χ1) is 10.0. The normalized spacial score (nSPS) is 35.0. The summed E-state index contributed by atoms with van der Waals surface area (Å²) in [5.74, 6) is -0.152. The molecular formula is C13H16BrN3O3S. The number of carbonyl (C=O) groups excluding carboxylic acids is 2. The molecule has 3 rings (SSSR count). The van der Waals surface area contributed by atoms with Crippen molar-refractivity contribution in [1.29, 1.82) is 0 Å². The van der Waals surface area contributed by atoms with Gasteiger partial charge in [-0.2, -0.15) is 0 Å². The SMILES string of the molecule is O=C(CC1NCC[C@H]1O)CN1C=NC2C=C(Br)SC2C1=O. The number of nitrogens with zero attached hydrogens (tertiary/aromatic N) is 2. The van der Waals surface area contributed by atoms with E-state index in [1.165, 1.54) is 23.0 Å². The number of rotatable bonds is 4. The molecule has 6 nitrogen and oxygen atoms in total. The van der Waals surface area contributed by atoms with Crippen molar-refractivity contribution in [2.75, 3.05) is 13.1 Å². The predicted octanol–water partition coefficient (Wildman–Crippen LogP) is 0.259. The van der Waals surface area contributed by atoms with E-state index in [2.05, 4.69) is 26.2 Å². The lowest BCUT2D eigenvalue weighted by atomic mass is 10.1. The maximum atomic E-state index is 12.3. The Bertz CT molecular complexity index is 525. The Balaban J connectivity index is 1.57. The van der Waals surface area contributed by atoms with Crippen molar-refractivity contribution in [2.24, 2.45) is 4.99 Å². The molecule has 2 N–H and O–H groups in total. The maximum absolute atomic E-state index is 12.3. The molecule has 3 heterocycles. The van der Waals surface area contributed by atoms with Crippen molar-refractivity contribution in [3.63, 3.8) is 0 Å². The first kappa shape index (κ1) is 15.2. The van der Waals surface area contributed by atoms with Gasteiger partial charge in [-0.15, -0.1) is 11.8 Å². The summed E-state index contributed by atoms with van der Waals surface area (Å²) < 4.78 is 0.912. The molecule has 1 fully saturated rings. The summed E-state index contributed by atoms with van der Waals surface area (Å²) in [7, 11) is 0. The maximum Gasteiger partial charge on any atom is 0.244 e. The van der Waals surface area contributed by atoms with E-state index in [9.17, 15) is 14.7 Å². The molecule has 8 heteroatoms. The molecule has 0 aromatic heterocycles. The predicted molar refractivity (Wildman–Crippen MR) is 84.4 cm³/mol. The highest BCUT2D eigenvalue weighted by molar-refractivity contribution is 9.14. The van der Waals surface area contributed by atoms with Crippen LogP contribution in [0.5, 0.6) is 0 Å². The Hall–Kier alpha value is -0.700. The van der Waals surface area contributed by atoms with E-state index in [0.717, 1.165) is 10.4 Å². The molecule has 114 valence electrons. The lowest BCUT2D eigenvalue weighted by molar-refractivity contribution is -0.131. The van der Waals surface area contributed by atoms with Crippen LogP contribution in [0, 0.1) is 0 Å². The van der Waals surface area contributed by atoms with E-state index in [4.69, 9.17) is 0 Å². The van der Waals surface area contributed by atoms with Crippen molar-refractivity contribution < 1.29 is 14.7 Å². The number of aliphatic imine (C=N–C) groups is 1. The minimum Gasteiger partial charge on any atom is -0.391 e. The summed E-state index contributed by atoms with van der Waals surface area (Å²) in [4.78, 5) is 30.1. The Morgan fingerprint density at radius 1 is 1.62 bits per heavy atom. The summed E-state index contributed by atoms with van der Waals surface area (Å²) in [6, 6.07) is -0.333. The van der Waals surface area contributed by atoms with Crippen molar-refractivity contribution in [3.05, 3.63) is 9.89 Å². The van der Waals surface area contributed by atoms with E-state index in [0.29, 0.717) is 6.42 Å². The summed E-state index contributed by atoms with van der Waals surface area (Å²) in [6.07, 6.45) is 3.79. The zero-order valence-electron chi connectivity index (χ0n) is 11.2. The zero-order chi connectivity index (χ0) is 15.0. The number of ketones is 1. The molecule has 0 bridgehead atoms. The second-order valence-corrected chi connectivity index (χ2v) is 7.95. The second kappa shape index (κ2) is 6.20. The topological polar surface area (TPSA) is 82.0 Å². The fourth-order valence-corrected chi connectivity index (χ4v) is 4.59. The number of hydrogen-bond donors (Lipinski definition) is 2. The smallest absolute Gasteiger partial charge is 0.244 e. The monoisotopic (exact) mass is 373 g/mol. The van der Waals surface area contributed by atoms with Gasteiger partial charge in [0, 0.05) is 16.3 Å². The van der Waals surface area contributed by atoms with Gasteiger partial charge in [0.25, 0.3) is 0 Å². The number of carbonyl (C=O) groups is 2. The van der Waals surface area contributed by atoms with Crippen LogP contribution in [0.2, 0.25) is 0 Å². The van der Waals surface area contributed by atoms with Crippen LogP contribution in [0.1, 0.15) is 12.8 Å². The molecule has 0 aromatic rings. The van der Waals surface area contributed by atoms with Crippen LogP contribution in [0.25, 0.3) is 0 Å². The largest absolute Gasteiger partial charge is 0.391 e. The number of fused-ring (bicyclic) bond motifs is 1. The molecule has 0 aliphatic carbocycles. The van der Waals surface area contributed by atoms with Crippen LogP contribution >= 0.6 is 27.7 Å². The molecule has 21 heavy (non-hydrogen) atoms. The highest BCUT2D eigenvalue weighted by Crippen LogP contribution is 2.39. The zero-order valence-corrected chi connectivity index (χ0v) is 13.6. The van der Waals surface area contributed by atoms with Gasteiger partial charge in [0.05, 0.1) is 25.0 Å². The second-order valence-electron chi connectivity index (χ2n) is 5.39. The van der Waals surface area contributed by atoms with Gasteiger partial charge in [0.15, 0.2) is 5.78 Å². The minimum absolute atomic E-state index is 0.0225. The molecule has 3 aliphatic heterocycles. The molecule has 0 aromatic carbocycles. The van der Waals surface area contributed by atoms with E-state index in [-0.39, 0.29) is 42.0 Å². The van der Waals surface area contributed by atoms with E-state index < -0.39 is 6.10 Å². The van der Waals surface area contributed by atoms with Crippen molar-refractivity contribution in [2.45, 2.75) is 36.3 Å². The van der Waals surface area contributed by atoms with Crippen LogP contribution in [-0.2, 0) is 9.59 Å². The van der Waals surface area contributed by atoms with Crippen LogP contribution in [0.15, 0.2) is 14.9 Å². The molecule has 3 aliphatic rings. The number of aliphatic hydroxyl groups is 1. The summed E-state index contributed by atoms with van der Waals surface area (Å²) >= 11 is 4.80. The van der Waals surface area contributed by atoms with Gasteiger partial charge in [-0.1, -0.05) is 0 Å². The van der Waals surface area contributed by atoms with E-state index in [1.807, 2.05) is 6.08 Å². The van der Waals surface area contributed by atoms with Gasteiger partial charge in [-0.05, 0) is 35.0 Å². The van der Waals surface area contributed by atoms with Crippen LogP contribution in [0.4, 0.5) is 0 Å². The third-order valence-corrected chi connectivity index (χ3v) is 5.78. The lowest BCUT2D eigenvalue weighted by Gasteiger charge is -2.27. The van der Waals surface area contributed by atoms with E-state index in [1.54, 1.807) is 0 Å². The standard InChI is InChI=1S/C13H16BrN3O3S/c14-11-4-9-12(21-11)13(20)17(6-16-9)5-7(18)3-8-10(19)1-2-15-8/h4,6,8-10,12,15,19H,1-3,5H2/t8?,9?,10-,12?/m1/s1. The Kier molecular flexibility index (Phi) is 4.49. The highest BCUT2D eigenvalue weighted by atomic mass is 79.9. The number of amides is 1. The van der Waals surface area contributed by atoms with Gasteiger partial charge < -0.3 is 10.4 Å². The number of hydrogen-bond acceptors (Lipinski definition) is 6. The fourth-order valence-electron chi connectivity index (χ4n) is 2.73. The minimum atomic E-state index is -0.477. The summed E-state index contributed by atoms with van der Waals surface area (Å²) in [5.41, 5.74) is 0. The quantitative estimate of drug-likeness (QED) is 0.738. The number of nitrogens with one attached hydrogen (secondary N) is 1. The Labute approximate surface area is 135 Å². The lowest BCUT2D eigenvalue weighted by Crippen LogP contribution is -2.47. The first-order valence-corrected chi connectivity index (χ1v) is 8.53. The number of aliphatic hydroxyl groups excluding tert-OH is 1. The number of thioether (sulfide) groups is 1. The molecule has 1 saturated heterocycles. The van der Waals surface area contributed by atoms with E-state index >= 15 is 0 Å². The molecule has 0 radical (unpaired) electrons. The van der Waals surface area contributed by atoms with Gasteiger partial charge in [-0.25, -0.2) is 0 Å². The molecule has 3 unspecified atom stereocenters. The number of halogens is 1. The van der Waals surface area contributed by atoms with Gasteiger partial charge in [0.2, 0.25) is 5.91 Å². The van der Waals surface area contributed by atoms with Crippen LogP contribution < -0.4 is 5.32 Å². The highest BCUT2D eigenvalue weighted by Gasteiger charge is 2.39. The van der Waals surface area contributed by atoms with Crippen LogP contribution in [-0.4, -0.2) is 64.6 Å².